The van der Waals surface area contributed by atoms with Crippen LogP contribution in [0.4, 0.5) is 0 Å². The Morgan fingerprint density at radius 3 is 2.56 bits per heavy atom. The summed E-state index contributed by atoms with van der Waals surface area (Å²) >= 11 is 0. The first kappa shape index (κ1) is 6.34. The molecular weight excluding hydrogens is 108 g/mol. The van der Waals surface area contributed by atoms with Crippen LogP contribution in [0.3, 0.4) is 0 Å². The summed E-state index contributed by atoms with van der Waals surface area (Å²) < 4.78 is 0. The fourth-order valence-corrected chi connectivity index (χ4v) is 0.929. The largest absolute Gasteiger partial charge is 0.0991 e. The summed E-state index contributed by atoms with van der Waals surface area (Å²) in [5.41, 5.74) is 3.03. The van der Waals surface area contributed by atoms with Crippen LogP contribution in [0.25, 0.3) is 0 Å². The Kier molecular flexibility index (Phi) is 1.88. The van der Waals surface area contributed by atoms with Gasteiger partial charge in [0.2, 0.25) is 0 Å². The minimum Gasteiger partial charge on any atom is -0.0991 e. The molecule has 0 radical (unpaired) electrons. The van der Waals surface area contributed by atoms with Crippen LogP contribution in [0, 0.1) is 0 Å². The molecule has 1 aliphatic carbocycles. The summed E-state index contributed by atoms with van der Waals surface area (Å²) in [4.78, 5) is 0. The van der Waals surface area contributed by atoms with Crippen LogP contribution in [0.1, 0.15) is 19.8 Å². The molecule has 9 heavy (non-hydrogen) atoms. The highest BCUT2D eigenvalue weighted by Crippen LogP contribution is 2.27. The number of rotatable bonds is 2. The van der Waals surface area contributed by atoms with Gasteiger partial charge in [-0.3, -0.25) is 0 Å². The van der Waals surface area contributed by atoms with Gasteiger partial charge in [0, 0.05) is 0 Å². The van der Waals surface area contributed by atoms with Crippen molar-refractivity contribution in [3.8, 4) is 0 Å². The van der Waals surface area contributed by atoms with Crippen molar-refractivity contribution < 1.29 is 0 Å². The van der Waals surface area contributed by atoms with Crippen molar-refractivity contribution in [3.05, 3.63) is 36.0 Å². The summed E-state index contributed by atoms with van der Waals surface area (Å²) in [6.07, 6.45) is 8.51. The molecule has 0 amide bonds. The van der Waals surface area contributed by atoms with Crippen molar-refractivity contribution in [2.45, 2.75) is 19.8 Å². The maximum Gasteiger partial charge on any atom is -0.0242 e. The van der Waals surface area contributed by atoms with Crippen molar-refractivity contribution >= 4 is 0 Å². The lowest BCUT2D eigenvalue weighted by Crippen LogP contribution is -1.97. The normalized spacial score (nSPS) is 18.3. The molecule has 0 aromatic rings. The Morgan fingerprint density at radius 2 is 2.22 bits per heavy atom. The molecule has 0 unspecified atom stereocenters. The van der Waals surface area contributed by atoms with Gasteiger partial charge >= 0.3 is 0 Å². The Hall–Kier alpha value is -0.780. The van der Waals surface area contributed by atoms with Gasteiger partial charge in [-0.05, 0) is 25.3 Å². The van der Waals surface area contributed by atoms with Crippen molar-refractivity contribution in [1.82, 2.24) is 0 Å². The standard InChI is InChI=1S/C9H12/c1-3-4-5-9-7-6-8(9)2/h3-5H,1,6-7H2,2H3. The Labute approximate surface area is 56.6 Å². The molecule has 0 heterocycles. The van der Waals surface area contributed by atoms with Gasteiger partial charge in [-0.15, -0.1) is 0 Å². The summed E-state index contributed by atoms with van der Waals surface area (Å²) in [6.45, 7) is 5.79. The molecule has 1 aliphatic rings. The fourth-order valence-electron chi connectivity index (χ4n) is 0.929. The van der Waals surface area contributed by atoms with Crippen LogP contribution >= 0.6 is 0 Å². The molecule has 0 saturated carbocycles. The average Bonchev–Trinajstić information content (AvgIpc) is 1.86. The second-order valence-electron chi connectivity index (χ2n) is 2.40. The molecule has 0 N–H and O–H groups in total. The molecule has 48 valence electrons. The number of hydrogen-bond donors (Lipinski definition) is 0. The van der Waals surface area contributed by atoms with Gasteiger partial charge in [0.15, 0.2) is 0 Å². The molecule has 0 aliphatic heterocycles. The minimum absolute atomic E-state index is 1.26. The van der Waals surface area contributed by atoms with E-state index in [4.69, 9.17) is 0 Å². The van der Waals surface area contributed by atoms with Gasteiger partial charge in [0.25, 0.3) is 0 Å². The third kappa shape index (κ3) is 1.32. The lowest BCUT2D eigenvalue weighted by Gasteiger charge is -2.16. The second-order valence-corrected chi connectivity index (χ2v) is 2.40. The first-order valence-corrected chi connectivity index (χ1v) is 3.32. The SMILES string of the molecule is C=CC=CC1=C(C)CC1. The summed E-state index contributed by atoms with van der Waals surface area (Å²) in [5, 5.41) is 0. The molecule has 0 nitrogen and oxygen atoms in total. The van der Waals surface area contributed by atoms with Crippen molar-refractivity contribution in [2.75, 3.05) is 0 Å². The van der Waals surface area contributed by atoms with Crippen molar-refractivity contribution in [3.63, 3.8) is 0 Å². The molecule has 0 saturated heterocycles. The average molecular weight is 120 g/mol. The summed E-state index contributed by atoms with van der Waals surface area (Å²) in [6, 6.07) is 0. The first-order chi connectivity index (χ1) is 4.34. The summed E-state index contributed by atoms with van der Waals surface area (Å²) in [7, 11) is 0. The van der Waals surface area contributed by atoms with Gasteiger partial charge in [0.05, 0.1) is 0 Å². The van der Waals surface area contributed by atoms with Crippen LogP contribution in [-0.2, 0) is 0 Å². The highest BCUT2D eigenvalue weighted by Gasteiger charge is 2.07. The fraction of sp³-hybridized carbons (Fsp3) is 0.333. The predicted octanol–water partition coefficient (Wildman–Crippen LogP) is 2.84. The van der Waals surface area contributed by atoms with E-state index in [9.17, 15) is 0 Å². The predicted molar refractivity (Wildman–Crippen MR) is 41.3 cm³/mol. The molecule has 0 bridgehead atoms. The van der Waals surface area contributed by atoms with E-state index in [2.05, 4.69) is 19.6 Å². The molecule has 0 heteroatoms. The molecular formula is C9H12. The van der Waals surface area contributed by atoms with Gasteiger partial charge in [-0.1, -0.05) is 30.4 Å². The molecule has 1 rings (SSSR count). The smallest absolute Gasteiger partial charge is 0.0242 e. The van der Waals surface area contributed by atoms with E-state index in [-0.39, 0.29) is 0 Å². The molecule has 0 aromatic heterocycles. The van der Waals surface area contributed by atoms with E-state index in [0.29, 0.717) is 0 Å². The van der Waals surface area contributed by atoms with Crippen molar-refractivity contribution in [1.29, 1.82) is 0 Å². The lowest BCUT2D eigenvalue weighted by molar-refractivity contribution is 0.827. The zero-order valence-electron chi connectivity index (χ0n) is 5.85. The Balaban J connectivity index is 2.55. The van der Waals surface area contributed by atoms with Gasteiger partial charge in [-0.2, -0.15) is 0 Å². The van der Waals surface area contributed by atoms with E-state index < -0.39 is 0 Å². The van der Waals surface area contributed by atoms with E-state index in [1.54, 1.807) is 0 Å². The third-order valence-corrected chi connectivity index (χ3v) is 1.75. The Bertz CT molecular complexity index is 170. The number of hydrogen-bond acceptors (Lipinski definition) is 0. The van der Waals surface area contributed by atoms with Crippen molar-refractivity contribution in [2.24, 2.45) is 0 Å². The zero-order valence-corrected chi connectivity index (χ0v) is 5.85. The Morgan fingerprint density at radius 1 is 1.44 bits per heavy atom. The topological polar surface area (TPSA) is 0 Å². The van der Waals surface area contributed by atoms with Crippen LogP contribution in [-0.4, -0.2) is 0 Å². The maximum absolute atomic E-state index is 3.61. The number of allylic oxidation sites excluding steroid dienone is 5. The van der Waals surface area contributed by atoms with Gasteiger partial charge in [0.1, 0.15) is 0 Å². The lowest BCUT2D eigenvalue weighted by atomic mass is 9.90. The van der Waals surface area contributed by atoms with E-state index >= 15 is 0 Å². The van der Waals surface area contributed by atoms with Crippen LogP contribution in [0.2, 0.25) is 0 Å². The van der Waals surface area contributed by atoms with E-state index in [0.717, 1.165) is 0 Å². The quantitative estimate of drug-likeness (QED) is 0.491. The van der Waals surface area contributed by atoms with Crippen LogP contribution in [0.15, 0.2) is 36.0 Å². The van der Waals surface area contributed by atoms with E-state index in [1.165, 1.54) is 24.0 Å². The highest BCUT2D eigenvalue weighted by molar-refractivity contribution is 5.33. The van der Waals surface area contributed by atoms with Crippen LogP contribution in [0.5, 0.6) is 0 Å². The molecule has 0 aromatic carbocycles. The van der Waals surface area contributed by atoms with Crippen LogP contribution < -0.4 is 0 Å². The third-order valence-electron chi connectivity index (χ3n) is 1.75. The summed E-state index contributed by atoms with van der Waals surface area (Å²) in [5.74, 6) is 0. The molecule has 0 fully saturated rings. The minimum atomic E-state index is 1.26. The first-order valence-electron chi connectivity index (χ1n) is 3.32. The van der Waals surface area contributed by atoms with Gasteiger partial charge < -0.3 is 0 Å². The highest BCUT2D eigenvalue weighted by atomic mass is 14.1. The van der Waals surface area contributed by atoms with E-state index in [1.807, 2.05) is 12.2 Å². The molecule has 0 atom stereocenters. The molecule has 0 spiro atoms. The van der Waals surface area contributed by atoms with Gasteiger partial charge in [-0.25, -0.2) is 0 Å². The maximum atomic E-state index is 3.61. The monoisotopic (exact) mass is 120 g/mol. The second kappa shape index (κ2) is 2.67. The zero-order chi connectivity index (χ0) is 6.69.